The molecule has 0 aromatic carbocycles. The van der Waals surface area contributed by atoms with Crippen LogP contribution < -0.4 is 16.4 Å². The first-order valence-electron chi connectivity index (χ1n) is 8.52. The first-order chi connectivity index (χ1) is 10.7. The van der Waals surface area contributed by atoms with Gasteiger partial charge < -0.3 is 26.0 Å². The average molecular weight is 326 g/mol. The van der Waals surface area contributed by atoms with Gasteiger partial charge in [0.15, 0.2) is 0 Å². The van der Waals surface area contributed by atoms with E-state index in [4.69, 9.17) is 10.5 Å². The van der Waals surface area contributed by atoms with Gasteiger partial charge in [0.25, 0.3) is 0 Å². The summed E-state index contributed by atoms with van der Waals surface area (Å²) in [4.78, 5) is 26.0. The zero-order valence-electron chi connectivity index (χ0n) is 14.4. The number of rotatable bonds is 2. The molecule has 0 aromatic rings. The topological polar surface area (TPSA) is 96.7 Å². The molecule has 7 nitrogen and oxygen atoms in total. The average Bonchev–Trinajstić information content (AvgIpc) is 2.46. The summed E-state index contributed by atoms with van der Waals surface area (Å²) in [5.74, 6) is 0.0487. The van der Waals surface area contributed by atoms with Crippen molar-refractivity contribution in [3.63, 3.8) is 0 Å². The van der Waals surface area contributed by atoms with Crippen LogP contribution in [0.1, 0.15) is 46.5 Å². The molecule has 0 aliphatic carbocycles. The van der Waals surface area contributed by atoms with Crippen molar-refractivity contribution in [3.05, 3.63) is 0 Å². The second-order valence-corrected chi connectivity index (χ2v) is 7.55. The first-order valence-corrected chi connectivity index (χ1v) is 8.52. The van der Waals surface area contributed by atoms with Gasteiger partial charge in [-0.05, 0) is 46.5 Å². The van der Waals surface area contributed by atoms with Gasteiger partial charge in [-0.2, -0.15) is 0 Å². The van der Waals surface area contributed by atoms with Gasteiger partial charge in [-0.15, -0.1) is 0 Å². The summed E-state index contributed by atoms with van der Waals surface area (Å²) in [6.07, 6.45) is 2.91. The zero-order chi connectivity index (χ0) is 17.0. The summed E-state index contributed by atoms with van der Waals surface area (Å²) in [7, 11) is 0. The van der Waals surface area contributed by atoms with Crippen LogP contribution >= 0.6 is 0 Å². The van der Waals surface area contributed by atoms with E-state index in [1.54, 1.807) is 4.90 Å². The molecule has 0 unspecified atom stereocenters. The molecule has 2 rings (SSSR count). The second-order valence-electron chi connectivity index (χ2n) is 7.55. The molecule has 0 radical (unpaired) electrons. The maximum atomic E-state index is 12.3. The number of likely N-dealkylation sites (tertiary alicyclic amines) is 1. The van der Waals surface area contributed by atoms with Crippen molar-refractivity contribution in [1.82, 2.24) is 15.5 Å². The van der Waals surface area contributed by atoms with Gasteiger partial charge >= 0.3 is 6.09 Å². The molecule has 2 heterocycles. The highest BCUT2D eigenvalue weighted by Crippen LogP contribution is 2.16. The molecule has 132 valence electrons. The Balaban J connectivity index is 1.72. The van der Waals surface area contributed by atoms with E-state index in [1.165, 1.54) is 0 Å². The number of hydrogen-bond donors (Lipinski definition) is 3. The van der Waals surface area contributed by atoms with E-state index in [1.807, 2.05) is 20.8 Å². The van der Waals surface area contributed by atoms with Crippen LogP contribution in [0.25, 0.3) is 0 Å². The number of nitrogens with zero attached hydrogens (tertiary/aromatic N) is 1. The molecule has 2 fully saturated rings. The Morgan fingerprint density at radius 3 is 2.35 bits per heavy atom. The summed E-state index contributed by atoms with van der Waals surface area (Å²) in [6, 6.07) is 0.133. The molecule has 0 saturated carbocycles. The minimum atomic E-state index is -0.477. The third-order valence-corrected chi connectivity index (χ3v) is 4.26. The molecule has 2 saturated heterocycles. The molecule has 4 N–H and O–H groups in total. The Bertz CT molecular complexity index is 420. The lowest BCUT2D eigenvalue weighted by Crippen LogP contribution is -2.55. The van der Waals surface area contributed by atoms with Crippen LogP contribution in [0.3, 0.4) is 0 Å². The fourth-order valence-electron chi connectivity index (χ4n) is 2.94. The van der Waals surface area contributed by atoms with Gasteiger partial charge in [-0.25, -0.2) is 4.79 Å². The van der Waals surface area contributed by atoms with Crippen molar-refractivity contribution >= 4 is 12.0 Å². The predicted molar refractivity (Wildman–Crippen MR) is 88.0 cm³/mol. The minimum absolute atomic E-state index is 0.0487. The quantitative estimate of drug-likeness (QED) is 0.690. The van der Waals surface area contributed by atoms with E-state index in [2.05, 4.69) is 10.6 Å². The molecule has 23 heavy (non-hydrogen) atoms. The molecule has 2 aliphatic heterocycles. The summed E-state index contributed by atoms with van der Waals surface area (Å²) in [5, 5.41) is 6.28. The summed E-state index contributed by atoms with van der Waals surface area (Å²) < 4.78 is 5.38. The van der Waals surface area contributed by atoms with Gasteiger partial charge in [0.05, 0.1) is 6.04 Å². The maximum Gasteiger partial charge on any atom is 0.410 e. The number of hydrogen-bond acceptors (Lipinski definition) is 5. The fraction of sp³-hybridized carbons (Fsp3) is 0.875. The van der Waals surface area contributed by atoms with Crippen molar-refractivity contribution in [1.29, 1.82) is 0 Å². The largest absolute Gasteiger partial charge is 0.444 e. The van der Waals surface area contributed by atoms with Gasteiger partial charge in [-0.1, -0.05) is 0 Å². The zero-order valence-corrected chi connectivity index (χ0v) is 14.4. The normalized spacial score (nSPS) is 26.7. The number of ether oxygens (including phenoxy) is 1. The van der Waals surface area contributed by atoms with E-state index < -0.39 is 5.60 Å². The number of piperidine rings is 2. The van der Waals surface area contributed by atoms with Crippen molar-refractivity contribution in [2.45, 2.75) is 70.2 Å². The highest BCUT2D eigenvalue weighted by molar-refractivity contribution is 5.82. The Morgan fingerprint density at radius 1 is 1.17 bits per heavy atom. The molecular weight excluding hydrogens is 296 g/mol. The minimum Gasteiger partial charge on any atom is -0.444 e. The van der Waals surface area contributed by atoms with E-state index >= 15 is 0 Å². The van der Waals surface area contributed by atoms with Gasteiger partial charge in [0.2, 0.25) is 5.91 Å². The van der Waals surface area contributed by atoms with Crippen LogP contribution in [0.2, 0.25) is 0 Å². The summed E-state index contributed by atoms with van der Waals surface area (Å²) in [6.45, 7) is 7.50. The fourth-order valence-corrected chi connectivity index (χ4v) is 2.94. The number of carbonyl (C=O) groups excluding carboxylic acids is 2. The molecule has 2 aliphatic rings. The van der Waals surface area contributed by atoms with Crippen molar-refractivity contribution in [3.8, 4) is 0 Å². The van der Waals surface area contributed by atoms with Gasteiger partial charge in [0, 0.05) is 31.7 Å². The van der Waals surface area contributed by atoms with E-state index in [9.17, 15) is 9.59 Å². The Labute approximate surface area is 138 Å². The van der Waals surface area contributed by atoms with Crippen LogP contribution in [0.5, 0.6) is 0 Å². The molecule has 7 heteroatoms. The van der Waals surface area contributed by atoms with Gasteiger partial charge in [-0.3, -0.25) is 4.79 Å². The highest BCUT2D eigenvalue weighted by atomic mass is 16.6. The number of nitrogens with two attached hydrogens (primary N) is 1. The third kappa shape index (κ3) is 5.66. The van der Waals surface area contributed by atoms with Crippen LogP contribution in [-0.2, 0) is 9.53 Å². The molecular formula is C16H30N4O3. The molecule has 2 amide bonds. The lowest BCUT2D eigenvalue weighted by Gasteiger charge is -2.35. The standard InChI is InChI=1S/C16H30N4O3/c1-16(2,3)23-15(22)20-8-6-12(7-9-20)19-14(21)13-5-4-11(17)10-18-13/h11-13,18H,4-10,17H2,1-3H3,(H,19,21)/t11-,13+/m1/s1. The van der Waals surface area contributed by atoms with Crippen LogP contribution in [0.15, 0.2) is 0 Å². The van der Waals surface area contributed by atoms with Crippen LogP contribution in [-0.4, -0.2) is 60.3 Å². The summed E-state index contributed by atoms with van der Waals surface area (Å²) >= 11 is 0. The molecule has 0 aromatic heterocycles. The third-order valence-electron chi connectivity index (χ3n) is 4.26. The Kier molecular flexibility index (Phi) is 5.86. The van der Waals surface area contributed by atoms with E-state index in [0.29, 0.717) is 19.6 Å². The Hall–Kier alpha value is -1.34. The first kappa shape index (κ1) is 18.0. The molecule has 0 spiro atoms. The predicted octanol–water partition coefficient (Wildman–Crippen LogP) is 0.581. The second kappa shape index (κ2) is 7.49. The lowest BCUT2D eigenvalue weighted by atomic mass is 9.99. The van der Waals surface area contributed by atoms with E-state index in [0.717, 1.165) is 25.7 Å². The maximum absolute atomic E-state index is 12.3. The SMILES string of the molecule is CC(C)(C)OC(=O)N1CCC(NC(=O)[C@@H]2CC[C@@H](N)CN2)CC1. The molecule has 0 bridgehead atoms. The summed E-state index contributed by atoms with van der Waals surface area (Å²) in [5.41, 5.74) is 5.35. The van der Waals surface area contributed by atoms with Crippen LogP contribution in [0.4, 0.5) is 4.79 Å². The Morgan fingerprint density at radius 2 is 1.83 bits per heavy atom. The van der Waals surface area contributed by atoms with Gasteiger partial charge in [0.1, 0.15) is 5.60 Å². The number of amides is 2. The molecule has 2 atom stereocenters. The smallest absolute Gasteiger partial charge is 0.410 e. The monoisotopic (exact) mass is 326 g/mol. The van der Waals surface area contributed by atoms with Crippen LogP contribution in [0, 0.1) is 0 Å². The highest BCUT2D eigenvalue weighted by Gasteiger charge is 2.30. The van der Waals surface area contributed by atoms with E-state index in [-0.39, 0.29) is 30.1 Å². The van der Waals surface area contributed by atoms with Crippen molar-refractivity contribution in [2.24, 2.45) is 5.73 Å². The number of nitrogens with one attached hydrogen (secondary N) is 2. The van der Waals surface area contributed by atoms with Crippen molar-refractivity contribution in [2.75, 3.05) is 19.6 Å². The lowest BCUT2D eigenvalue weighted by molar-refractivity contribution is -0.124. The van der Waals surface area contributed by atoms with Crippen molar-refractivity contribution < 1.29 is 14.3 Å². The number of carbonyl (C=O) groups is 2.